The molecule has 0 aromatic heterocycles. The summed E-state index contributed by atoms with van der Waals surface area (Å²) in [5.74, 6) is 1.41. The van der Waals surface area contributed by atoms with E-state index in [0.29, 0.717) is 12.0 Å². The first-order chi connectivity index (χ1) is 10.6. The van der Waals surface area contributed by atoms with Crippen molar-refractivity contribution in [3.8, 4) is 0 Å². The molecule has 0 aliphatic heterocycles. The van der Waals surface area contributed by atoms with E-state index < -0.39 is 0 Å². The number of nitrogens with one attached hydrogen (secondary N) is 2. The van der Waals surface area contributed by atoms with E-state index in [1.807, 2.05) is 18.8 Å². The van der Waals surface area contributed by atoms with Gasteiger partial charge in [-0.15, -0.1) is 24.0 Å². The van der Waals surface area contributed by atoms with Crippen LogP contribution in [0.5, 0.6) is 0 Å². The summed E-state index contributed by atoms with van der Waals surface area (Å²) in [6, 6.07) is 9.37. The lowest BCUT2D eigenvalue weighted by molar-refractivity contribution is 0.606. The van der Waals surface area contributed by atoms with Crippen LogP contribution >= 0.6 is 35.7 Å². The second-order valence-electron chi connectivity index (χ2n) is 6.28. The Hall–Kier alpha value is -0.430. The molecule has 1 aromatic carbocycles. The number of aryl methyl sites for hydroxylation is 1. The Morgan fingerprint density at radius 3 is 2.57 bits per heavy atom. The molecule has 0 radical (unpaired) electrons. The molecular formula is C18H30IN3S. The fourth-order valence-electron chi connectivity index (χ4n) is 2.94. The van der Waals surface area contributed by atoms with Crippen LogP contribution in [0.3, 0.4) is 0 Å². The molecule has 3 unspecified atom stereocenters. The minimum atomic E-state index is 0. The van der Waals surface area contributed by atoms with Crippen molar-refractivity contribution in [1.29, 1.82) is 0 Å². The zero-order chi connectivity index (χ0) is 15.9. The summed E-state index contributed by atoms with van der Waals surface area (Å²) in [7, 11) is 1.85. The highest BCUT2D eigenvalue weighted by molar-refractivity contribution is 14.0. The average molecular weight is 447 g/mol. The van der Waals surface area contributed by atoms with Crippen LogP contribution in [0.25, 0.3) is 0 Å². The Kier molecular flexibility index (Phi) is 9.36. The van der Waals surface area contributed by atoms with Crippen LogP contribution < -0.4 is 10.6 Å². The van der Waals surface area contributed by atoms with Crippen molar-refractivity contribution >= 4 is 41.7 Å². The Bertz CT molecular complexity index is 490. The van der Waals surface area contributed by atoms with Gasteiger partial charge < -0.3 is 10.6 Å². The van der Waals surface area contributed by atoms with Crippen LogP contribution in [0.1, 0.15) is 43.2 Å². The molecule has 1 fully saturated rings. The third kappa shape index (κ3) is 6.53. The molecule has 0 amide bonds. The largest absolute Gasteiger partial charge is 0.356 e. The molecule has 3 atom stereocenters. The maximum atomic E-state index is 4.37. The first-order valence-corrected chi connectivity index (χ1v) is 9.47. The fraction of sp³-hybridized carbons (Fsp3) is 0.611. The maximum Gasteiger partial charge on any atom is 0.191 e. The Balaban J connectivity index is 0.00000264. The molecule has 130 valence electrons. The highest BCUT2D eigenvalue weighted by Crippen LogP contribution is 2.28. The summed E-state index contributed by atoms with van der Waals surface area (Å²) in [5, 5.41) is 7.85. The van der Waals surface area contributed by atoms with E-state index in [0.717, 1.165) is 17.8 Å². The molecule has 0 bridgehead atoms. The molecule has 1 aliphatic carbocycles. The van der Waals surface area contributed by atoms with Crippen molar-refractivity contribution in [1.82, 2.24) is 10.6 Å². The zero-order valence-electron chi connectivity index (χ0n) is 14.6. The van der Waals surface area contributed by atoms with Crippen molar-refractivity contribution in [3.05, 3.63) is 35.4 Å². The lowest BCUT2D eigenvalue weighted by Crippen LogP contribution is -2.43. The zero-order valence-corrected chi connectivity index (χ0v) is 17.8. The minimum absolute atomic E-state index is 0. The second-order valence-corrected chi connectivity index (χ2v) is 7.41. The van der Waals surface area contributed by atoms with Crippen molar-refractivity contribution in [2.75, 3.05) is 19.8 Å². The molecule has 1 aromatic rings. The minimum Gasteiger partial charge on any atom is -0.356 e. The van der Waals surface area contributed by atoms with Gasteiger partial charge in [0, 0.05) is 24.9 Å². The van der Waals surface area contributed by atoms with Gasteiger partial charge >= 0.3 is 0 Å². The van der Waals surface area contributed by atoms with E-state index in [1.54, 1.807) is 0 Å². The van der Waals surface area contributed by atoms with Crippen molar-refractivity contribution < 1.29 is 0 Å². The monoisotopic (exact) mass is 447 g/mol. The number of hydrogen-bond donors (Lipinski definition) is 2. The van der Waals surface area contributed by atoms with Gasteiger partial charge in [0.1, 0.15) is 0 Å². The van der Waals surface area contributed by atoms with Gasteiger partial charge in [-0.1, -0.05) is 36.8 Å². The smallest absolute Gasteiger partial charge is 0.191 e. The lowest BCUT2D eigenvalue weighted by Gasteiger charge is -2.20. The average Bonchev–Trinajstić information content (AvgIpc) is 2.99. The van der Waals surface area contributed by atoms with Crippen molar-refractivity contribution in [3.63, 3.8) is 0 Å². The number of thioether (sulfide) groups is 1. The van der Waals surface area contributed by atoms with Gasteiger partial charge in [-0.2, -0.15) is 11.8 Å². The SMILES string of the molecule is CN=C(NCC(C)c1ccc(C)cc1)NC1CCC(SC)C1.I. The van der Waals surface area contributed by atoms with Crippen LogP contribution in [0.15, 0.2) is 29.3 Å². The Morgan fingerprint density at radius 1 is 1.30 bits per heavy atom. The molecule has 5 heteroatoms. The number of nitrogens with zero attached hydrogens (tertiary/aromatic N) is 1. The van der Waals surface area contributed by atoms with Crippen LogP contribution in [0.2, 0.25) is 0 Å². The number of guanidine groups is 1. The fourth-order valence-corrected chi connectivity index (χ4v) is 3.73. The number of benzene rings is 1. The summed E-state index contributed by atoms with van der Waals surface area (Å²) in [5.41, 5.74) is 2.68. The highest BCUT2D eigenvalue weighted by atomic mass is 127. The summed E-state index contributed by atoms with van der Waals surface area (Å²) < 4.78 is 0. The van der Waals surface area contributed by atoms with E-state index in [2.05, 4.69) is 60.0 Å². The number of rotatable bonds is 5. The summed E-state index contributed by atoms with van der Waals surface area (Å²) in [6.45, 7) is 5.29. The van der Waals surface area contributed by atoms with E-state index in [9.17, 15) is 0 Å². The lowest BCUT2D eigenvalue weighted by atomic mass is 10.0. The van der Waals surface area contributed by atoms with E-state index in [4.69, 9.17) is 0 Å². The first-order valence-electron chi connectivity index (χ1n) is 8.19. The van der Waals surface area contributed by atoms with Gasteiger partial charge in [0.15, 0.2) is 5.96 Å². The van der Waals surface area contributed by atoms with E-state index in [1.165, 1.54) is 30.4 Å². The van der Waals surface area contributed by atoms with Crippen LogP contribution in [0, 0.1) is 6.92 Å². The predicted octanol–water partition coefficient (Wildman–Crippen LogP) is 4.17. The second kappa shape index (κ2) is 10.4. The van der Waals surface area contributed by atoms with Gasteiger partial charge in [0.05, 0.1) is 0 Å². The van der Waals surface area contributed by atoms with Crippen molar-refractivity contribution in [2.45, 2.75) is 50.3 Å². The third-order valence-corrected chi connectivity index (χ3v) is 5.60. The van der Waals surface area contributed by atoms with Gasteiger partial charge in [0.2, 0.25) is 0 Å². The molecule has 3 nitrogen and oxygen atoms in total. The molecular weight excluding hydrogens is 417 g/mol. The molecule has 0 heterocycles. The standard InChI is InChI=1S/C18H29N3S.HI/c1-13-5-7-15(8-6-13)14(2)12-20-18(19-3)21-16-9-10-17(11-16)22-4;/h5-8,14,16-17H,9-12H2,1-4H3,(H2,19,20,21);1H. The Labute approximate surface area is 162 Å². The third-order valence-electron chi connectivity index (χ3n) is 4.50. The quantitative estimate of drug-likeness (QED) is 0.404. The number of hydrogen-bond acceptors (Lipinski definition) is 2. The summed E-state index contributed by atoms with van der Waals surface area (Å²) >= 11 is 1.99. The maximum absolute atomic E-state index is 4.37. The topological polar surface area (TPSA) is 36.4 Å². The van der Waals surface area contributed by atoms with Crippen LogP contribution in [-0.2, 0) is 0 Å². The van der Waals surface area contributed by atoms with Gasteiger partial charge in [-0.05, 0) is 43.9 Å². The van der Waals surface area contributed by atoms with Crippen LogP contribution in [0.4, 0.5) is 0 Å². The highest BCUT2D eigenvalue weighted by Gasteiger charge is 2.24. The Morgan fingerprint density at radius 2 is 2.00 bits per heavy atom. The number of aliphatic imine (C=N–C) groups is 1. The molecule has 23 heavy (non-hydrogen) atoms. The van der Waals surface area contributed by atoms with Gasteiger partial charge in [0.25, 0.3) is 0 Å². The van der Waals surface area contributed by atoms with Gasteiger partial charge in [-0.3, -0.25) is 4.99 Å². The molecule has 2 N–H and O–H groups in total. The van der Waals surface area contributed by atoms with Gasteiger partial charge in [-0.25, -0.2) is 0 Å². The first kappa shape index (κ1) is 20.6. The summed E-state index contributed by atoms with van der Waals surface area (Å²) in [6.07, 6.45) is 6.02. The molecule has 0 saturated heterocycles. The molecule has 0 spiro atoms. The normalized spacial score (nSPS) is 22.3. The molecule has 2 rings (SSSR count). The molecule has 1 saturated carbocycles. The van der Waals surface area contributed by atoms with Crippen LogP contribution in [-0.4, -0.2) is 37.1 Å². The summed E-state index contributed by atoms with van der Waals surface area (Å²) in [4.78, 5) is 4.37. The molecule has 1 aliphatic rings. The van der Waals surface area contributed by atoms with E-state index >= 15 is 0 Å². The van der Waals surface area contributed by atoms with Crippen molar-refractivity contribution in [2.24, 2.45) is 4.99 Å². The predicted molar refractivity (Wildman–Crippen MR) is 114 cm³/mol. The van der Waals surface area contributed by atoms with E-state index in [-0.39, 0.29) is 24.0 Å². The number of halogens is 1.